The van der Waals surface area contributed by atoms with E-state index in [0.717, 1.165) is 42.7 Å². The molecule has 0 spiro atoms. The normalized spacial score (nSPS) is 17.5. The van der Waals surface area contributed by atoms with Crippen LogP contribution in [0.4, 0.5) is 5.82 Å². The minimum atomic E-state index is -0.00364. The molecule has 1 aromatic heterocycles. The van der Waals surface area contributed by atoms with Gasteiger partial charge in [-0.05, 0) is 13.3 Å². The molecule has 2 heterocycles. The van der Waals surface area contributed by atoms with Gasteiger partial charge in [0.15, 0.2) is 5.16 Å². The molecule has 1 N–H and O–H groups in total. The lowest BCUT2D eigenvalue weighted by Crippen LogP contribution is -2.45. The molecule has 0 atom stereocenters. The monoisotopic (exact) mass is 254 g/mol. The van der Waals surface area contributed by atoms with E-state index in [4.69, 9.17) is 0 Å². The Bertz CT molecular complexity index is 380. The summed E-state index contributed by atoms with van der Waals surface area (Å²) < 4.78 is 0. The zero-order valence-electron chi connectivity index (χ0n) is 10.3. The van der Waals surface area contributed by atoms with E-state index in [1.165, 1.54) is 11.8 Å². The van der Waals surface area contributed by atoms with Gasteiger partial charge in [0.05, 0.1) is 6.61 Å². The van der Waals surface area contributed by atoms with Crippen molar-refractivity contribution in [2.45, 2.75) is 11.8 Å². The molecule has 94 valence electrons. The fraction of sp³-hybridized carbons (Fsp3) is 0.636. The Balaban J connectivity index is 2.23. The highest BCUT2D eigenvalue weighted by Gasteiger charge is 2.18. The Morgan fingerprint density at radius 2 is 2.06 bits per heavy atom. The average Bonchev–Trinajstić information content (AvgIpc) is 2.39. The van der Waals surface area contributed by atoms with Crippen molar-refractivity contribution in [1.82, 2.24) is 14.9 Å². The van der Waals surface area contributed by atoms with E-state index < -0.39 is 0 Å². The summed E-state index contributed by atoms with van der Waals surface area (Å²) >= 11 is 1.53. The number of aliphatic hydroxyl groups excluding tert-OH is 1. The maximum atomic E-state index is 9.34. The molecular formula is C11H18N4OS. The average molecular weight is 254 g/mol. The molecule has 5 nitrogen and oxygen atoms in total. The first-order valence-corrected chi connectivity index (χ1v) is 6.91. The van der Waals surface area contributed by atoms with Crippen LogP contribution in [0, 0.1) is 0 Å². The first-order chi connectivity index (χ1) is 8.24. The number of rotatable bonds is 3. The highest BCUT2D eigenvalue weighted by atomic mass is 32.2. The maximum Gasteiger partial charge on any atom is 0.189 e. The fourth-order valence-electron chi connectivity index (χ4n) is 1.88. The number of piperazine rings is 1. The summed E-state index contributed by atoms with van der Waals surface area (Å²) in [7, 11) is 2.12. The molecule has 1 fully saturated rings. The van der Waals surface area contributed by atoms with Crippen LogP contribution in [0.2, 0.25) is 0 Å². The molecule has 1 aromatic rings. The maximum absolute atomic E-state index is 9.34. The zero-order valence-corrected chi connectivity index (χ0v) is 11.1. The summed E-state index contributed by atoms with van der Waals surface area (Å²) in [6.45, 7) is 3.96. The summed E-state index contributed by atoms with van der Waals surface area (Å²) in [5.74, 6) is 0.889. The fourth-order valence-corrected chi connectivity index (χ4v) is 2.22. The van der Waals surface area contributed by atoms with Crippen LogP contribution >= 0.6 is 11.8 Å². The lowest BCUT2D eigenvalue weighted by molar-refractivity contribution is 0.278. The molecule has 2 rings (SSSR count). The molecule has 0 bridgehead atoms. The third kappa shape index (κ3) is 2.88. The molecule has 0 amide bonds. The van der Waals surface area contributed by atoms with Gasteiger partial charge in [-0.3, -0.25) is 0 Å². The van der Waals surface area contributed by atoms with E-state index in [9.17, 15) is 5.11 Å². The minimum absolute atomic E-state index is 0.00364. The Kier molecular flexibility index (Phi) is 4.20. The second kappa shape index (κ2) is 5.66. The second-order valence-electron chi connectivity index (χ2n) is 4.15. The van der Waals surface area contributed by atoms with E-state index in [1.807, 2.05) is 6.26 Å². The van der Waals surface area contributed by atoms with Crippen LogP contribution in [0.5, 0.6) is 0 Å². The quantitative estimate of drug-likeness (QED) is 0.624. The van der Waals surface area contributed by atoms with E-state index in [-0.39, 0.29) is 6.61 Å². The number of aliphatic hydroxyl groups is 1. The number of thioether (sulfide) groups is 1. The van der Waals surface area contributed by atoms with Crippen molar-refractivity contribution >= 4 is 17.6 Å². The van der Waals surface area contributed by atoms with Crippen LogP contribution in [0.3, 0.4) is 0 Å². The van der Waals surface area contributed by atoms with Crippen molar-refractivity contribution in [3.63, 3.8) is 0 Å². The van der Waals surface area contributed by atoms with Crippen LogP contribution < -0.4 is 4.90 Å². The lowest BCUT2D eigenvalue weighted by atomic mass is 10.2. The Morgan fingerprint density at radius 1 is 1.35 bits per heavy atom. The van der Waals surface area contributed by atoms with Crippen molar-refractivity contribution < 1.29 is 5.11 Å². The van der Waals surface area contributed by atoms with Gasteiger partial charge in [0.1, 0.15) is 5.82 Å². The smallest absolute Gasteiger partial charge is 0.189 e. The highest BCUT2D eigenvalue weighted by Crippen LogP contribution is 2.21. The highest BCUT2D eigenvalue weighted by molar-refractivity contribution is 7.98. The van der Waals surface area contributed by atoms with Crippen molar-refractivity contribution in [3.05, 3.63) is 11.8 Å². The van der Waals surface area contributed by atoms with Gasteiger partial charge < -0.3 is 14.9 Å². The zero-order chi connectivity index (χ0) is 12.3. The number of likely N-dealkylation sites (N-methyl/N-ethyl adjacent to an activating group) is 1. The van der Waals surface area contributed by atoms with Crippen LogP contribution in [0.15, 0.2) is 11.4 Å². The van der Waals surface area contributed by atoms with Crippen LogP contribution in [0.1, 0.15) is 5.56 Å². The first-order valence-electron chi connectivity index (χ1n) is 5.69. The van der Waals surface area contributed by atoms with Crippen molar-refractivity contribution in [2.75, 3.05) is 44.4 Å². The summed E-state index contributed by atoms with van der Waals surface area (Å²) in [5, 5.41) is 10.1. The minimum Gasteiger partial charge on any atom is -0.391 e. The topological polar surface area (TPSA) is 52.5 Å². The van der Waals surface area contributed by atoms with Gasteiger partial charge >= 0.3 is 0 Å². The number of aromatic nitrogens is 2. The molecule has 0 aliphatic carbocycles. The molecule has 1 aliphatic heterocycles. The van der Waals surface area contributed by atoms with Crippen LogP contribution in [-0.4, -0.2) is 59.5 Å². The molecule has 0 radical (unpaired) electrons. The van der Waals surface area contributed by atoms with Gasteiger partial charge in [0, 0.05) is 37.9 Å². The number of hydrogen-bond donors (Lipinski definition) is 1. The van der Waals surface area contributed by atoms with E-state index in [0.29, 0.717) is 0 Å². The Labute approximate surface area is 106 Å². The first kappa shape index (κ1) is 12.6. The van der Waals surface area contributed by atoms with Crippen LogP contribution in [-0.2, 0) is 6.61 Å². The van der Waals surface area contributed by atoms with Crippen LogP contribution in [0.25, 0.3) is 0 Å². The SMILES string of the molecule is CSc1ncc(CO)c(N2CCN(C)CC2)n1. The molecule has 17 heavy (non-hydrogen) atoms. The number of anilines is 1. The summed E-state index contributed by atoms with van der Waals surface area (Å²) in [4.78, 5) is 13.2. The van der Waals surface area contributed by atoms with Gasteiger partial charge in [-0.2, -0.15) is 0 Å². The number of nitrogens with zero attached hydrogens (tertiary/aromatic N) is 4. The summed E-state index contributed by atoms with van der Waals surface area (Å²) in [6.07, 6.45) is 3.69. The standard InChI is InChI=1S/C11H18N4OS/c1-14-3-5-15(6-4-14)10-9(8-16)7-12-11(13-10)17-2/h7,16H,3-6,8H2,1-2H3. The van der Waals surface area contributed by atoms with Crippen molar-refractivity contribution in [1.29, 1.82) is 0 Å². The second-order valence-corrected chi connectivity index (χ2v) is 4.93. The third-order valence-electron chi connectivity index (χ3n) is 2.98. The molecule has 1 aliphatic rings. The Hall–Kier alpha value is -0.850. The van der Waals surface area contributed by atoms with E-state index in [1.54, 1.807) is 6.20 Å². The van der Waals surface area contributed by atoms with Gasteiger partial charge in [-0.15, -0.1) is 0 Å². The summed E-state index contributed by atoms with van der Waals surface area (Å²) in [5.41, 5.74) is 0.812. The van der Waals surface area contributed by atoms with Crippen molar-refractivity contribution in [3.8, 4) is 0 Å². The Morgan fingerprint density at radius 3 is 2.65 bits per heavy atom. The predicted molar refractivity (Wildman–Crippen MR) is 69.4 cm³/mol. The molecule has 0 aromatic carbocycles. The number of hydrogen-bond acceptors (Lipinski definition) is 6. The van der Waals surface area contributed by atoms with E-state index >= 15 is 0 Å². The molecular weight excluding hydrogens is 236 g/mol. The van der Waals surface area contributed by atoms with Gasteiger partial charge in [0.2, 0.25) is 0 Å². The van der Waals surface area contributed by atoms with Crippen molar-refractivity contribution in [2.24, 2.45) is 0 Å². The van der Waals surface area contributed by atoms with Gasteiger partial charge in [0.25, 0.3) is 0 Å². The molecule has 1 saturated heterocycles. The third-order valence-corrected chi connectivity index (χ3v) is 3.54. The molecule has 0 unspecified atom stereocenters. The van der Waals surface area contributed by atoms with Gasteiger partial charge in [-0.1, -0.05) is 11.8 Å². The predicted octanol–water partition coefficient (Wildman–Crippen LogP) is 0.443. The van der Waals surface area contributed by atoms with Gasteiger partial charge in [-0.25, -0.2) is 9.97 Å². The molecule has 0 saturated carbocycles. The largest absolute Gasteiger partial charge is 0.391 e. The summed E-state index contributed by atoms with van der Waals surface area (Å²) in [6, 6.07) is 0. The lowest BCUT2D eigenvalue weighted by Gasteiger charge is -2.34. The molecule has 6 heteroatoms. The van der Waals surface area contributed by atoms with E-state index in [2.05, 4.69) is 26.8 Å².